The number of carbonyl (C=O) groups excluding carboxylic acids is 3. The second-order valence-electron chi connectivity index (χ2n) is 8.74. The molecule has 1 saturated heterocycles. The summed E-state index contributed by atoms with van der Waals surface area (Å²) in [6.45, 7) is 0.959. The van der Waals surface area contributed by atoms with Gasteiger partial charge in [0.15, 0.2) is 5.78 Å². The molecule has 5 nitrogen and oxygen atoms in total. The van der Waals surface area contributed by atoms with E-state index in [0.29, 0.717) is 18.5 Å². The molecule has 1 saturated carbocycles. The molecule has 0 bridgehead atoms. The fraction of sp³-hybridized carbons (Fsp3) is 0.423. The van der Waals surface area contributed by atoms with Gasteiger partial charge in [-0.25, -0.2) is 0 Å². The molecule has 5 heteroatoms. The zero-order valence-corrected chi connectivity index (χ0v) is 17.9. The first-order chi connectivity index (χ1) is 15.1. The number of likely N-dealkylation sites (tertiary alicyclic amines) is 1. The topological polar surface area (TPSA) is 66.5 Å². The van der Waals surface area contributed by atoms with Crippen molar-refractivity contribution >= 4 is 17.6 Å². The van der Waals surface area contributed by atoms with Crippen LogP contribution in [-0.4, -0.2) is 41.6 Å². The maximum Gasteiger partial charge on any atom is 0.257 e. The first-order valence-corrected chi connectivity index (χ1v) is 11.3. The second kappa shape index (κ2) is 9.56. The van der Waals surface area contributed by atoms with Crippen LogP contribution in [0.1, 0.15) is 60.9 Å². The number of ketones is 1. The summed E-state index contributed by atoms with van der Waals surface area (Å²) in [4.78, 5) is 40.9. The van der Waals surface area contributed by atoms with E-state index in [-0.39, 0.29) is 18.2 Å². The Morgan fingerprint density at radius 2 is 1.52 bits per heavy atom. The predicted molar refractivity (Wildman–Crippen MR) is 120 cm³/mol. The molecule has 1 heterocycles. The third-order valence-corrected chi connectivity index (χ3v) is 6.85. The highest BCUT2D eigenvalue weighted by atomic mass is 16.2. The van der Waals surface area contributed by atoms with Gasteiger partial charge in [0.05, 0.1) is 18.0 Å². The predicted octanol–water partition coefficient (Wildman–Crippen LogP) is 3.88. The van der Waals surface area contributed by atoms with Gasteiger partial charge < -0.3 is 0 Å². The van der Waals surface area contributed by atoms with E-state index in [2.05, 4.69) is 17.4 Å². The molecule has 4 rings (SSSR count). The van der Waals surface area contributed by atoms with E-state index in [9.17, 15) is 14.4 Å². The van der Waals surface area contributed by atoms with Crippen LogP contribution in [0.25, 0.3) is 0 Å². The number of amides is 2. The van der Waals surface area contributed by atoms with Gasteiger partial charge in [0.1, 0.15) is 0 Å². The summed E-state index contributed by atoms with van der Waals surface area (Å²) in [5, 5.41) is 2.53. The van der Waals surface area contributed by atoms with Crippen molar-refractivity contribution in [2.75, 3.05) is 13.1 Å². The Bertz CT molecular complexity index is 920. The molecule has 1 aliphatic heterocycles. The molecular weight excluding hydrogens is 388 g/mol. The maximum absolute atomic E-state index is 13.6. The summed E-state index contributed by atoms with van der Waals surface area (Å²) in [5.74, 6) is -0.499. The van der Waals surface area contributed by atoms with Crippen molar-refractivity contribution < 1.29 is 14.4 Å². The van der Waals surface area contributed by atoms with Gasteiger partial charge in [0.2, 0.25) is 5.91 Å². The van der Waals surface area contributed by atoms with Crippen molar-refractivity contribution in [2.45, 2.75) is 56.4 Å². The lowest BCUT2D eigenvalue weighted by molar-refractivity contribution is -0.129. The van der Waals surface area contributed by atoms with Crippen LogP contribution in [0, 0.1) is 0 Å². The number of hydrogen-bond acceptors (Lipinski definition) is 4. The SMILES string of the molecule is O=C(NC(=O)[C@H]1CCCN1CC(=O)C1(c2ccccc2)CCCCC1)c1ccccc1. The minimum atomic E-state index is -0.455. The van der Waals surface area contributed by atoms with E-state index in [1.54, 1.807) is 24.3 Å². The Morgan fingerprint density at radius 3 is 2.19 bits per heavy atom. The normalized spacial score (nSPS) is 20.8. The molecule has 0 radical (unpaired) electrons. The number of Topliss-reactive ketones (excluding diaryl/α,β-unsaturated/α-hetero) is 1. The molecule has 0 aromatic heterocycles. The van der Waals surface area contributed by atoms with Gasteiger partial charge in [-0.2, -0.15) is 0 Å². The third-order valence-electron chi connectivity index (χ3n) is 6.85. The first kappa shape index (κ1) is 21.4. The molecule has 2 aromatic carbocycles. The molecule has 31 heavy (non-hydrogen) atoms. The lowest BCUT2D eigenvalue weighted by Crippen LogP contribution is -2.50. The Morgan fingerprint density at radius 1 is 0.871 bits per heavy atom. The van der Waals surface area contributed by atoms with Crippen LogP contribution >= 0.6 is 0 Å². The van der Waals surface area contributed by atoms with E-state index in [4.69, 9.17) is 0 Å². The zero-order chi connectivity index (χ0) is 21.7. The number of imide groups is 1. The minimum absolute atomic E-state index is 0.201. The number of benzene rings is 2. The smallest absolute Gasteiger partial charge is 0.257 e. The Hall–Kier alpha value is -2.79. The zero-order valence-electron chi connectivity index (χ0n) is 17.9. The molecule has 1 atom stereocenters. The summed E-state index contributed by atoms with van der Waals surface area (Å²) in [5.41, 5.74) is 1.10. The standard InChI is InChI=1S/C26H30N2O3/c29-23(26(16-8-3-9-17-26)21-13-6-2-7-14-21)19-28-18-10-15-22(28)25(31)27-24(30)20-11-4-1-5-12-20/h1-2,4-7,11-14,22H,3,8-10,15-19H2,(H,27,30,31)/t22-/m1/s1. The van der Waals surface area contributed by atoms with Gasteiger partial charge >= 0.3 is 0 Å². The van der Waals surface area contributed by atoms with Crippen molar-refractivity contribution in [3.05, 3.63) is 71.8 Å². The number of hydrogen-bond donors (Lipinski definition) is 1. The monoisotopic (exact) mass is 418 g/mol. The molecule has 162 valence electrons. The van der Waals surface area contributed by atoms with E-state index in [1.165, 1.54) is 0 Å². The molecule has 0 unspecified atom stereocenters. The molecule has 2 aromatic rings. The largest absolute Gasteiger partial charge is 0.297 e. The highest BCUT2D eigenvalue weighted by molar-refractivity contribution is 6.06. The molecule has 1 N–H and O–H groups in total. The Balaban J connectivity index is 1.46. The molecular formula is C26H30N2O3. The van der Waals surface area contributed by atoms with Gasteiger partial charge in [-0.15, -0.1) is 0 Å². The van der Waals surface area contributed by atoms with E-state index < -0.39 is 17.4 Å². The lowest BCUT2D eigenvalue weighted by Gasteiger charge is -2.38. The van der Waals surface area contributed by atoms with Gasteiger partial charge in [0.25, 0.3) is 5.91 Å². The van der Waals surface area contributed by atoms with Gasteiger partial charge in [0, 0.05) is 5.56 Å². The minimum Gasteiger partial charge on any atom is -0.297 e. The molecule has 1 aliphatic carbocycles. The van der Waals surface area contributed by atoms with Crippen LogP contribution in [0.4, 0.5) is 0 Å². The highest BCUT2D eigenvalue weighted by Crippen LogP contribution is 2.40. The highest BCUT2D eigenvalue weighted by Gasteiger charge is 2.43. The van der Waals surface area contributed by atoms with Crippen molar-refractivity contribution in [3.8, 4) is 0 Å². The summed E-state index contributed by atoms with van der Waals surface area (Å²) in [7, 11) is 0. The van der Waals surface area contributed by atoms with Crippen molar-refractivity contribution in [2.24, 2.45) is 0 Å². The summed E-state index contributed by atoms with van der Waals surface area (Å²) in [6, 6.07) is 18.4. The van der Waals surface area contributed by atoms with E-state index in [0.717, 1.165) is 44.1 Å². The lowest BCUT2D eigenvalue weighted by atomic mass is 9.66. The Labute approximate surface area is 183 Å². The molecule has 2 fully saturated rings. The van der Waals surface area contributed by atoms with Crippen LogP contribution in [-0.2, 0) is 15.0 Å². The number of carbonyl (C=O) groups is 3. The maximum atomic E-state index is 13.6. The second-order valence-corrected chi connectivity index (χ2v) is 8.74. The summed E-state index contributed by atoms with van der Waals surface area (Å²) in [6.07, 6.45) is 6.52. The van der Waals surface area contributed by atoms with Crippen LogP contribution in [0.2, 0.25) is 0 Å². The summed E-state index contributed by atoms with van der Waals surface area (Å²) >= 11 is 0. The molecule has 2 aliphatic rings. The average molecular weight is 419 g/mol. The average Bonchev–Trinajstić information content (AvgIpc) is 3.29. The van der Waals surface area contributed by atoms with Crippen LogP contribution in [0.5, 0.6) is 0 Å². The fourth-order valence-electron chi connectivity index (χ4n) is 5.15. The van der Waals surface area contributed by atoms with Crippen molar-refractivity contribution in [1.29, 1.82) is 0 Å². The Kier molecular flexibility index (Phi) is 6.62. The van der Waals surface area contributed by atoms with Crippen molar-refractivity contribution in [3.63, 3.8) is 0 Å². The van der Waals surface area contributed by atoms with Gasteiger partial charge in [-0.05, 0) is 49.9 Å². The molecule has 2 amide bonds. The third kappa shape index (κ3) is 4.62. The summed E-state index contributed by atoms with van der Waals surface area (Å²) < 4.78 is 0. The van der Waals surface area contributed by atoms with E-state index >= 15 is 0 Å². The van der Waals surface area contributed by atoms with Crippen LogP contribution in [0.15, 0.2) is 60.7 Å². The first-order valence-electron chi connectivity index (χ1n) is 11.3. The quantitative estimate of drug-likeness (QED) is 0.723. The number of rotatable bonds is 6. The van der Waals surface area contributed by atoms with Gasteiger partial charge in [-0.3, -0.25) is 24.6 Å². The van der Waals surface area contributed by atoms with E-state index in [1.807, 2.05) is 29.2 Å². The van der Waals surface area contributed by atoms with Gasteiger partial charge in [-0.1, -0.05) is 67.8 Å². The fourth-order valence-corrected chi connectivity index (χ4v) is 5.15. The van der Waals surface area contributed by atoms with Crippen molar-refractivity contribution in [1.82, 2.24) is 10.2 Å². The number of nitrogens with one attached hydrogen (secondary N) is 1. The number of nitrogens with zero attached hydrogens (tertiary/aromatic N) is 1. The van der Waals surface area contributed by atoms with Crippen LogP contribution < -0.4 is 5.32 Å². The van der Waals surface area contributed by atoms with Crippen LogP contribution in [0.3, 0.4) is 0 Å². The molecule has 0 spiro atoms.